The number of nitrogens with zero attached hydrogens (tertiary/aromatic N) is 2. The van der Waals surface area contributed by atoms with Gasteiger partial charge in [-0.15, -0.1) is 48.5 Å². The minimum atomic E-state index is -4.77. The van der Waals surface area contributed by atoms with Gasteiger partial charge in [0.1, 0.15) is 0 Å². The summed E-state index contributed by atoms with van der Waals surface area (Å²) < 4.78 is 41.1. The van der Waals surface area contributed by atoms with Crippen LogP contribution in [0.3, 0.4) is 0 Å². The summed E-state index contributed by atoms with van der Waals surface area (Å²) in [7, 11) is 0. The third-order valence-electron chi connectivity index (χ3n) is 3.26. The number of aryl methyl sites for hydroxylation is 2. The van der Waals surface area contributed by atoms with E-state index in [-0.39, 0.29) is 41.4 Å². The number of nitrogens with two attached hydrogens (primary N) is 1. The van der Waals surface area contributed by atoms with Gasteiger partial charge < -0.3 is 15.8 Å². The van der Waals surface area contributed by atoms with Crippen LogP contribution in [0.2, 0.25) is 0 Å². The number of para-hydroxylation sites is 2. The maximum Gasteiger partial charge on any atom is 0.573 e. The van der Waals surface area contributed by atoms with Crippen LogP contribution in [0.15, 0.2) is 29.3 Å². The Morgan fingerprint density at radius 3 is 2.65 bits per heavy atom. The fourth-order valence-electron chi connectivity index (χ4n) is 2.16. The number of halogens is 4. The Kier molecular flexibility index (Phi) is 8.60. The van der Waals surface area contributed by atoms with E-state index in [4.69, 9.17) is 5.73 Å². The number of hydrogen-bond acceptors (Lipinski definition) is 4. The largest absolute Gasteiger partial charge is 0.573 e. The summed E-state index contributed by atoms with van der Waals surface area (Å²) in [5.41, 5.74) is 6.92. The highest BCUT2D eigenvalue weighted by Gasteiger charge is 2.32. The van der Waals surface area contributed by atoms with Crippen molar-refractivity contribution in [3.8, 4) is 5.75 Å². The molecule has 0 amide bonds. The van der Waals surface area contributed by atoms with Gasteiger partial charge in [-0.25, -0.2) is 4.98 Å². The zero-order chi connectivity index (χ0) is 18.4. The second kappa shape index (κ2) is 9.95. The molecule has 0 fully saturated rings. The van der Waals surface area contributed by atoms with E-state index in [1.54, 1.807) is 17.4 Å². The topological polar surface area (TPSA) is 72.5 Å². The Morgan fingerprint density at radius 1 is 1.35 bits per heavy atom. The normalized spacial score (nSPS) is 11.8. The van der Waals surface area contributed by atoms with E-state index < -0.39 is 6.36 Å². The molecular weight excluding hydrogens is 480 g/mol. The number of rotatable bonds is 6. The van der Waals surface area contributed by atoms with Crippen LogP contribution in [0.4, 0.5) is 18.9 Å². The van der Waals surface area contributed by atoms with Crippen molar-refractivity contribution < 1.29 is 17.9 Å². The molecule has 0 spiro atoms. The van der Waals surface area contributed by atoms with E-state index >= 15 is 0 Å². The summed E-state index contributed by atoms with van der Waals surface area (Å²) in [6, 6.07) is 5.65. The average molecular weight is 500 g/mol. The van der Waals surface area contributed by atoms with Crippen LogP contribution < -0.4 is 15.8 Å². The first-order valence-corrected chi connectivity index (χ1v) is 8.47. The summed E-state index contributed by atoms with van der Waals surface area (Å²) in [5.74, 6) is -0.349. The molecule has 2 aromatic rings. The van der Waals surface area contributed by atoms with Crippen molar-refractivity contribution in [2.75, 3.05) is 11.9 Å². The SMILES string of the molecule is CCc1nc(CCN=C(N)Nc2ccccc2OC(F)(F)F)sc1C.I. The van der Waals surface area contributed by atoms with Gasteiger partial charge in [0.05, 0.1) is 16.4 Å². The second-order valence-electron chi connectivity index (χ2n) is 5.15. The lowest BCUT2D eigenvalue weighted by Gasteiger charge is -2.14. The second-order valence-corrected chi connectivity index (χ2v) is 6.44. The number of thiazole rings is 1. The lowest BCUT2D eigenvalue weighted by molar-refractivity contribution is -0.274. The molecule has 0 saturated carbocycles. The smallest absolute Gasteiger partial charge is 0.404 e. The number of ether oxygens (including phenoxy) is 1. The van der Waals surface area contributed by atoms with Gasteiger partial charge in [0, 0.05) is 17.8 Å². The number of aromatic nitrogens is 1. The van der Waals surface area contributed by atoms with Crippen LogP contribution in [-0.4, -0.2) is 23.9 Å². The van der Waals surface area contributed by atoms with Gasteiger partial charge in [0.15, 0.2) is 11.7 Å². The molecule has 5 nitrogen and oxygen atoms in total. The monoisotopic (exact) mass is 500 g/mol. The van der Waals surface area contributed by atoms with Crippen molar-refractivity contribution in [2.45, 2.75) is 33.1 Å². The quantitative estimate of drug-likeness (QED) is 0.348. The van der Waals surface area contributed by atoms with Gasteiger partial charge in [0.25, 0.3) is 0 Å². The standard InChI is InChI=1S/C16H19F3N4OS.HI/c1-3-11-10(2)25-14(22-11)8-9-21-15(20)23-12-6-4-5-7-13(12)24-16(17,18)19;/h4-7H,3,8-9H2,1-2H3,(H3,20,21,23);1H. The summed E-state index contributed by atoms with van der Waals surface area (Å²) in [4.78, 5) is 9.82. The van der Waals surface area contributed by atoms with Crippen molar-refractivity contribution in [1.29, 1.82) is 0 Å². The molecule has 0 aliphatic heterocycles. The summed E-state index contributed by atoms with van der Waals surface area (Å²) in [6.45, 7) is 4.46. The van der Waals surface area contributed by atoms with Gasteiger partial charge >= 0.3 is 6.36 Å². The van der Waals surface area contributed by atoms with Crippen molar-refractivity contribution in [2.24, 2.45) is 10.7 Å². The number of alkyl halides is 3. The Hall–Kier alpha value is -1.56. The van der Waals surface area contributed by atoms with E-state index in [1.807, 2.05) is 13.8 Å². The lowest BCUT2D eigenvalue weighted by atomic mass is 10.3. The van der Waals surface area contributed by atoms with E-state index in [2.05, 4.69) is 20.0 Å². The van der Waals surface area contributed by atoms with Crippen molar-refractivity contribution in [3.63, 3.8) is 0 Å². The number of guanidine groups is 1. The third-order valence-corrected chi connectivity index (χ3v) is 4.33. The molecule has 1 aromatic carbocycles. The van der Waals surface area contributed by atoms with E-state index in [9.17, 15) is 13.2 Å². The predicted molar refractivity (Wildman–Crippen MR) is 109 cm³/mol. The molecule has 0 aliphatic carbocycles. The van der Waals surface area contributed by atoms with Gasteiger partial charge in [-0.05, 0) is 25.5 Å². The Balaban J connectivity index is 0.00000338. The molecule has 144 valence electrons. The predicted octanol–water partition coefficient (Wildman–Crippen LogP) is 4.50. The molecule has 0 bridgehead atoms. The summed E-state index contributed by atoms with van der Waals surface area (Å²) >= 11 is 1.62. The molecule has 3 N–H and O–H groups in total. The zero-order valence-corrected chi connectivity index (χ0v) is 17.4. The van der Waals surface area contributed by atoms with Crippen molar-refractivity contribution >= 4 is 47.0 Å². The highest BCUT2D eigenvalue weighted by molar-refractivity contribution is 14.0. The highest BCUT2D eigenvalue weighted by atomic mass is 127. The molecule has 0 saturated heterocycles. The molecule has 2 rings (SSSR count). The third kappa shape index (κ3) is 6.98. The van der Waals surface area contributed by atoms with E-state index in [0.717, 1.165) is 17.1 Å². The molecule has 0 atom stereocenters. The summed E-state index contributed by atoms with van der Waals surface area (Å²) in [5, 5.41) is 3.60. The Labute approximate surface area is 170 Å². The van der Waals surface area contributed by atoms with E-state index in [0.29, 0.717) is 13.0 Å². The minimum Gasteiger partial charge on any atom is -0.404 e. The Morgan fingerprint density at radius 2 is 2.04 bits per heavy atom. The molecule has 26 heavy (non-hydrogen) atoms. The fraction of sp³-hybridized carbons (Fsp3) is 0.375. The maximum atomic E-state index is 12.4. The first kappa shape index (κ1) is 22.5. The zero-order valence-electron chi connectivity index (χ0n) is 14.3. The minimum absolute atomic E-state index is 0. The van der Waals surface area contributed by atoms with Gasteiger partial charge in [-0.2, -0.15) is 0 Å². The fourth-order valence-corrected chi connectivity index (χ4v) is 3.17. The van der Waals surface area contributed by atoms with E-state index in [1.165, 1.54) is 23.1 Å². The number of benzene rings is 1. The molecule has 1 heterocycles. The van der Waals surface area contributed by atoms with Crippen LogP contribution in [0.25, 0.3) is 0 Å². The molecule has 0 aliphatic rings. The average Bonchev–Trinajstić information content (AvgIpc) is 2.88. The van der Waals surface area contributed by atoms with Crippen LogP contribution in [0.1, 0.15) is 22.5 Å². The van der Waals surface area contributed by atoms with Crippen LogP contribution in [0, 0.1) is 6.92 Å². The first-order chi connectivity index (χ1) is 11.8. The molecule has 1 aromatic heterocycles. The molecular formula is C16H20F3IN4OS. The first-order valence-electron chi connectivity index (χ1n) is 7.65. The van der Waals surface area contributed by atoms with Gasteiger partial charge in [-0.1, -0.05) is 19.1 Å². The van der Waals surface area contributed by atoms with Crippen LogP contribution in [0.5, 0.6) is 5.75 Å². The highest BCUT2D eigenvalue weighted by Crippen LogP contribution is 2.29. The maximum absolute atomic E-state index is 12.4. The lowest BCUT2D eigenvalue weighted by Crippen LogP contribution is -2.24. The summed E-state index contributed by atoms with van der Waals surface area (Å²) in [6.07, 6.45) is -3.27. The van der Waals surface area contributed by atoms with Gasteiger partial charge in [0.2, 0.25) is 0 Å². The molecule has 0 radical (unpaired) electrons. The number of anilines is 1. The molecule has 10 heteroatoms. The van der Waals surface area contributed by atoms with Crippen LogP contribution in [-0.2, 0) is 12.8 Å². The van der Waals surface area contributed by atoms with Crippen molar-refractivity contribution in [1.82, 2.24) is 4.98 Å². The van der Waals surface area contributed by atoms with Gasteiger partial charge in [-0.3, -0.25) is 4.99 Å². The van der Waals surface area contributed by atoms with Crippen LogP contribution >= 0.6 is 35.3 Å². The Bertz CT molecular complexity index is 749. The molecule has 0 unspecified atom stereocenters. The van der Waals surface area contributed by atoms with Crippen molar-refractivity contribution in [3.05, 3.63) is 39.8 Å². The number of hydrogen-bond donors (Lipinski definition) is 2. The number of nitrogens with one attached hydrogen (secondary N) is 1. The number of aliphatic imine (C=N–C) groups is 1.